The largest absolute Gasteiger partial charge is 0.383 e. The molecular weight excluding hydrogens is 294 g/mol. The molecule has 1 unspecified atom stereocenters. The first-order chi connectivity index (χ1) is 6.66. The summed E-state index contributed by atoms with van der Waals surface area (Å²) >= 11 is 2.01. The minimum Gasteiger partial charge on any atom is -0.383 e. The van der Waals surface area contributed by atoms with Crippen LogP contribution in [0.3, 0.4) is 0 Å². The molecule has 1 atom stereocenters. The first-order valence-electron chi connectivity index (χ1n) is 4.66. The Balaban J connectivity index is 2.41. The fourth-order valence-corrected chi connectivity index (χ4v) is 2.04. The van der Waals surface area contributed by atoms with Crippen molar-refractivity contribution < 1.29 is 4.39 Å². The van der Waals surface area contributed by atoms with Crippen molar-refractivity contribution in [2.45, 2.75) is 19.4 Å². The number of fused-ring (bicyclic) bond motifs is 1. The summed E-state index contributed by atoms with van der Waals surface area (Å²) in [5, 5.41) is 6.57. The zero-order valence-corrected chi connectivity index (χ0v) is 10.1. The van der Waals surface area contributed by atoms with Gasteiger partial charge in [0.05, 0.1) is 14.9 Å². The molecule has 0 aromatic heterocycles. The third-order valence-electron chi connectivity index (χ3n) is 2.36. The molecule has 1 aliphatic heterocycles. The lowest BCUT2D eigenvalue weighted by Crippen LogP contribution is -2.14. The summed E-state index contributed by atoms with van der Waals surface area (Å²) in [7, 11) is 0. The van der Waals surface area contributed by atoms with Crippen molar-refractivity contribution in [1.29, 1.82) is 0 Å². The molecule has 0 amide bonds. The Kier molecular flexibility index (Phi) is 2.80. The molecule has 1 aromatic carbocycles. The van der Waals surface area contributed by atoms with Crippen molar-refractivity contribution in [3.63, 3.8) is 0 Å². The SMILES string of the molecule is CC1CCNc2cc(I)c(F)cc2N1. The van der Waals surface area contributed by atoms with E-state index in [0.717, 1.165) is 24.3 Å². The van der Waals surface area contributed by atoms with Gasteiger partial charge in [0.2, 0.25) is 0 Å². The van der Waals surface area contributed by atoms with Crippen LogP contribution in [0, 0.1) is 9.39 Å². The van der Waals surface area contributed by atoms with E-state index in [2.05, 4.69) is 17.6 Å². The standard InChI is InChI=1S/C10H12FIN2/c1-6-2-3-13-9-5-8(12)7(11)4-10(9)14-6/h4-6,13-14H,2-3H2,1H3. The molecule has 14 heavy (non-hydrogen) atoms. The van der Waals surface area contributed by atoms with Crippen LogP contribution in [-0.4, -0.2) is 12.6 Å². The monoisotopic (exact) mass is 306 g/mol. The van der Waals surface area contributed by atoms with E-state index in [1.807, 2.05) is 28.7 Å². The lowest BCUT2D eigenvalue weighted by molar-refractivity contribution is 0.620. The fourth-order valence-electron chi connectivity index (χ4n) is 1.57. The highest BCUT2D eigenvalue weighted by molar-refractivity contribution is 14.1. The van der Waals surface area contributed by atoms with Gasteiger partial charge in [0, 0.05) is 18.7 Å². The van der Waals surface area contributed by atoms with Crippen LogP contribution in [0.1, 0.15) is 13.3 Å². The summed E-state index contributed by atoms with van der Waals surface area (Å²) < 4.78 is 13.9. The lowest BCUT2D eigenvalue weighted by atomic mass is 10.2. The second kappa shape index (κ2) is 3.92. The minimum atomic E-state index is -0.159. The molecule has 4 heteroatoms. The summed E-state index contributed by atoms with van der Waals surface area (Å²) in [5.41, 5.74) is 1.87. The molecule has 76 valence electrons. The van der Waals surface area contributed by atoms with Crippen molar-refractivity contribution in [1.82, 2.24) is 0 Å². The summed E-state index contributed by atoms with van der Waals surface area (Å²) in [5.74, 6) is -0.159. The van der Waals surface area contributed by atoms with Crippen LogP contribution in [-0.2, 0) is 0 Å². The van der Waals surface area contributed by atoms with Gasteiger partial charge in [-0.1, -0.05) is 0 Å². The quantitative estimate of drug-likeness (QED) is 0.720. The Bertz CT molecular complexity index is 354. The van der Waals surface area contributed by atoms with Crippen LogP contribution < -0.4 is 10.6 Å². The van der Waals surface area contributed by atoms with Gasteiger partial charge in [-0.3, -0.25) is 0 Å². The predicted molar refractivity (Wildman–Crippen MR) is 65.3 cm³/mol. The number of rotatable bonds is 0. The van der Waals surface area contributed by atoms with Crippen LogP contribution in [0.4, 0.5) is 15.8 Å². The summed E-state index contributed by atoms with van der Waals surface area (Å²) in [6.45, 7) is 3.04. The molecule has 0 spiro atoms. The third kappa shape index (κ3) is 1.94. The molecule has 1 aliphatic rings. The van der Waals surface area contributed by atoms with Gasteiger partial charge in [-0.25, -0.2) is 4.39 Å². The topological polar surface area (TPSA) is 24.1 Å². The zero-order chi connectivity index (χ0) is 10.1. The van der Waals surface area contributed by atoms with E-state index in [-0.39, 0.29) is 5.82 Å². The second-order valence-corrected chi connectivity index (χ2v) is 4.73. The van der Waals surface area contributed by atoms with Crippen molar-refractivity contribution >= 4 is 34.0 Å². The number of hydrogen-bond donors (Lipinski definition) is 2. The molecule has 0 aliphatic carbocycles. The van der Waals surface area contributed by atoms with Gasteiger partial charge < -0.3 is 10.6 Å². The Morgan fingerprint density at radius 3 is 3.00 bits per heavy atom. The van der Waals surface area contributed by atoms with Crippen LogP contribution in [0.2, 0.25) is 0 Å². The number of anilines is 2. The van der Waals surface area contributed by atoms with Crippen molar-refractivity contribution in [3.05, 3.63) is 21.5 Å². The first kappa shape index (κ1) is 10.0. The smallest absolute Gasteiger partial charge is 0.138 e. The van der Waals surface area contributed by atoms with Gasteiger partial charge in [-0.05, 0) is 42.0 Å². The first-order valence-corrected chi connectivity index (χ1v) is 5.74. The minimum absolute atomic E-state index is 0.159. The van der Waals surface area contributed by atoms with Crippen molar-refractivity contribution in [3.8, 4) is 0 Å². The highest BCUT2D eigenvalue weighted by atomic mass is 127. The van der Waals surface area contributed by atoms with Crippen LogP contribution >= 0.6 is 22.6 Å². The van der Waals surface area contributed by atoms with E-state index in [1.54, 1.807) is 6.07 Å². The molecule has 1 heterocycles. The Morgan fingerprint density at radius 1 is 1.43 bits per heavy atom. The van der Waals surface area contributed by atoms with Crippen molar-refractivity contribution in [2.75, 3.05) is 17.2 Å². The Morgan fingerprint density at radius 2 is 2.21 bits per heavy atom. The highest BCUT2D eigenvalue weighted by Gasteiger charge is 2.13. The Hall–Kier alpha value is -0.520. The fraction of sp³-hybridized carbons (Fsp3) is 0.400. The number of nitrogens with one attached hydrogen (secondary N) is 2. The molecule has 0 saturated carbocycles. The average molecular weight is 306 g/mol. The van der Waals surface area contributed by atoms with Gasteiger partial charge in [-0.15, -0.1) is 0 Å². The molecule has 1 aromatic rings. The molecule has 0 saturated heterocycles. The van der Waals surface area contributed by atoms with Gasteiger partial charge in [0.1, 0.15) is 5.82 Å². The lowest BCUT2D eigenvalue weighted by Gasteiger charge is -2.12. The van der Waals surface area contributed by atoms with Gasteiger partial charge in [-0.2, -0.15) is 0 Å². The maximum atomic E-state index is 13.3. The molecule has 2 N–H and O–H groups in total. The van der Waals surface area contributed by atoms with E-state index in [0.29, 0.717) is 9.61 Å². The van der Waals surface area contributed by atoms with E-state index >= 15 is 0 Å². The van der Waals surface area contributed by atoms with E-state index < -0.39 is 0 Å². The van der Waals surface area contributed by atoms with E-state index in [9.17, 15) is 4.39 Å². The highest BCUT2D eigenvalue weighted by Crippen LogP contribution is 2.29. The summed E-state index contributed by atoms with van der Waals surface area (Å²) in [6.07, 6.45) is 1.05. The van der Waals surface area contributed by atoms with Gasteiger partial charge in [0.15, 0.2) is 0 Å². The zero-order valence-electron chi connectivity index (χ0n) is 7.90. The maximum absolute atomic E-state index is 13.3. The van der Waals surface area contributed by atoms with Gasteiger partial charge >= 0.3 is 0 Å². The second-order valence-electron chi connectivity index (χ2n) is 3.57. The molecule has 0 bridgehead atoms. The van der Waals surface area contributed by atoms with E-state index in [1.165, 1.54) is 0 Å². The number of halogens is 2. The molecule has 2 nitrogen and oxygen atoms in total. The summed E-state index contributed by atoms with van der Waals surface area (Å²) in [4.78, 5) is 0. The molecule has 0 fully saturated rings. The van der Waals surface area contributed by atoms with E-state index in [4.69, 9.17) is 0 Å². The predicted octanol–water partition coefficient (Wildman–Crippen LogP) is 3.05. The van der Waals surface area contributed by atoms with Gasteiger partial charge in [0.25, 0.3) is 0 Å². The molecule has 0 radical (unpaired) electrons. The molecular formula is C10H12FIN2. The van der Waals surface area contributed by atoms with Crippen LogP contribution in [0.25, 0.3) is 0 Å². The van der Waals surface area contributed by atoms with Crippen molar-refractivity contribution in [2.24, 2.45) is 0 Å². The van der Waals surface area contributed by atoms with Crippen LogP contribution in [0.15, 0.2) is 12.1 Å². The Labute approximate surface area is 96.4 Å². The average Bonchev–Trinajstić information content (AvgIpc) is 2.28. The third-order valence-corrected chi connectivity index (χ3v) is 3.18. The number of benzene rings is 1. The molecule has 2 rings (SSSR count). The van der Waals surface area contributed by atoms with Crippen LogP contribution in [0.5, 0.6) is 0 Å². The number of hydrogen-bond acceptors (Lipinski definition) is 2. The maximum Gasteiger partial charge on any atom is 0.138 e. The summed E-state index contributed by atoms with van der Waals surface area (Å²) in [6, 6.07) is 3.80. The normalized spacial score (nSPS) is 20.4.